The van der Waals surface area contributed by atoms with Gasteiger partial charge in [-0.1, -0.05) is 11.6 Å². The largest absolute Gasteiger partial charge is 0.393 e. The van der Waals surface area contributed by atoms with Gasteiger partial charge in [0.25, 0.3) is 5.91 Å². The number of aromatic nitrogens is 2. The van der Waals surface area contributed by atoms with E-state index < -0.39 is 5.60 Å². The van der Waals surface area contributed by atoms with E-state index in [1.165, 1.54) is 0 Å². The molecule has 0 radical (unpaired) electrons. The lowest BCUT2D eigenvalue weighted by molar-refractivity contribution is -0.0250. The quantitative estimate of drug-likeness (QED) is 0.844. The van der Waals surface area contributed by atoms with Crippen molar-refractivity contribution in [1.82, 2.24) is 14.7 Å². The van der Waals surface area contributed by atoms with Crippen LogP contribution in [0.4, 0.5) is 0 Å². The van der Waals surface area contributed by atoms with Gasteiger partial charge in [-0.3, -0.25) is 9.48 Å². The molecule has 1 amide bonds. The number of carbonyl (C=O) groups is 1. The van der Waals surface area contributed by atoms with E-state index in [4.69, 9.17) is 11.6 Å². The molecule has 0 aliphatic carbocycles. The summed E-state index contributed by atoms with van der Waals surface area (Å²) in [6.45, 7) is 2.45. The monoisotopic (exact) mass is 301 g/mol. The van der Waals surface area contributed by atoms with Crippen LogP contribution in [0.25, 0.3) is 0 Å². The van der Waals surface area contributed by atoms with Crippen LogP contribution in [-0.4, -0.2) is 56.1 Å². The Morgan fingerprint density at radius 1 is 1.45 bits per heavy atom. The molecule has 1 aliphatic heterocycles. The Bertz CT molecular complexity index is 517. The summed E-state index contributed by atoms with van der Waals surface area (Å²) < 4.78 is 1.58. The average Bonchev–Trinajstić information content (AvgIpc) is 2.61. The first-order chi connectivity index (χ1) is 9.38. The fraction of sp³-hybridized carbons (Fsp3) is 0.692. The number of nitrogens with zero attached hydrogens (tertiary/aromatic N) is 3. The maximum Gasteiger partial charge on any atom is 0.275 e. The average molecular weight is 302 g/mol. The summed E-state index contributed by atoms with van der Waals surface area (Å²) in [6.07, 6.45) is 1.49. The van der Waals surface area contributed by atoms with Crippen molar-refractivity contribution in [3.8, 4) is 0 Å². The van der Waals surface area contributed by atoms with Gasteiger partial charge in [0, 0.05) is 20.1 Å². The van der Waals surface area contributed by atoms with Crippen LogP contribution in [0.5, 0.6) is 0 Å². The second-order valence-electron chi connectivity index (χ2n) is 5.40. The molecule has 1 saturated heterocycles. The van der Waals surface area contributed by atoms with Gasteiger partial charge in [-0.05, 0) is 26.2 Å². The van der Waals surface area contributed by atoms with E-state index >= 15 is 0 Å². The lowest BCUT2D eigenvalue weighted by atomic mass is 9.96. The lowest BCUT2D eigenvalue weighted by Crippen LogP contribution is -2.36. The third-order valence-corrected chi connectivity index (χ3v) is 4.41. The predicted octanol–water partition coefficient (Wildman–Crippen LogP) is 0.731. The number of aliphatic hydroxyl groups excluding tert-OH is 1. The van der Waals surface area contributed by atoms with Crippen LogP contribution in [0.15, 0.2) is 0 Å². The Hall–Kier alpha value is -1.11. The number of hydrogen-bond donors (Lipinski definition) is 2. The van der Waals surface area contributed by atoms with Crippen LogP contribution >= 0.6 is 11.6 Å². The molecule has 1 aromatic heterocycles. The standard InChI is InChI=1S/C13H20ClN3O3/c1-9-10(14)11(15-16(9)2)12(19)17-6-3-4-13(20,8-18)5-7-17/h18,20H,3-8H2,1-2H3/t13-/m0/s1. The van der Waals surface area contributed by atoms with Gasteiger partial charge in [0.1, 0.15) is 0 Å². The molecule has 1 fully saturated rings. The van der Waals surface area contributed by atoms with E-state index in [0.29, 0.717) is 37.4 Å². The van der Waals surface area contributed by atoms with Crippen molar-refractivity contribution in [2.45, 2.75) is 31.8 Å². The molecule has 20 heavy (non-hydrogen) atoms. The van der Waals surface area contributed by atoms with Gasteiger partial charge in [0.2, 0.25) is 0 Å². The van der Waals surface area contributed by atoms with Gasteiger partial charge in [0.05, 0.1) is 22.9 Å². The molecule has 2 heterocycles. The van der Waals surface area contributed by atoms with Gasteiger partial charge in [-0.15, -0.1) is 0 Å². The number of likely N-dealkylation sites (tertiary alicyclic amines) is 1. The van der Waals surface area contributed by atoms with E-state index in [2.05, 4.69) is 5.10 Å². The molecule has 1 atom stereocenters. The molecule has 7 heteroatoms. The van der Waals surface area contributed by atoms with Crippen molar-refractivity contribution < 1.29 is 15.0 Å². The molecule has 2 rings (SSSR count). The summed E-state index contributed by atoms with van der Waals surface area (Å²) in [6, 6.07) is 0. The van der Waals surface area contributed by atoms with Crippen LogP contribution in [-0.2, 0) is 7.05 Å². The third-order valence-electron chi connectivity index (χ3n) is 3.96. The number of carbonyl (C=O) groups excluding carboxylic acids is 1. The lowest BCUT2D eigenvalue weighted by Gasteiger charge is -2.24. The molecule has 1 aliphatic rings. The van der Waals surface area contributed by atoms with Crippen LogP contribution in [0.2, 0.25) is 5.02 Å². The van der Waals surface area contributed by atoms with Gasteiger partial charge >= 0.3 is 0 Å². The molecule has 6 nitrogen and oxygen atoms in total. The van der Waals surface area contributed by atoms with Crippen molar-refractivity contribution in [2.75, 3.05) is 19.7 Å². The summed E-state index contributed by atoms with van der Waals surface area (Å²) in [4.78, 5) is 14.1. The number of hydrogen-bond acceptors (Lipinski definition) is 4. The molecule has 0 bridgehead atoms. The van der Waals surface area contributed by atoms with Gasteiger partial charge in [0.15, 0.2) is 5.69 Å². The Labute approximate surface area is 122 Å². The zero-order chi connectivity index (χ0) is 14.9. The van der Waals surface area contributed by atoms with Gasteiger partial charge in [-0.25, -0.2) is 0 Å². The summed E-state index contributed by atoms with van der Waals surface area (Å²) in [5, 5.41) is 23.8. The molecule has 0 spiro atoms. The topological polar surface area (TPSA) is 78.6 Å². The fourth-order valence-electron chi connectivity index (χ4n) is 2.41. The van der Waals surface area contributed by atoms with Gasteiger partial charge < -0.3 is 15.1 Å². The van der Waals surface area contributed by atoms with Crippen LogP contribution in [0.1, 0.15) is 35.4 Å². The summed E-state index contributed by atoms with van der Waals surface area (Å²) >= 11 is 6.13. The summed E-state index contributed by atoms with van der Waals surface area (Å²) in [5.41, 5.74) is -0.0865. The Morgan fingerprint density at radius 3 is 2.70 bits per heavy atom. The summed E-state index contributed by atoms with van der Waals surface area (Å²) in [7, 11) is 1.74. The second-order valence-corrected chi connectivity index (χ2v) is 5.78. The zero-order valence-electron chi connectivity index (χ0n) is 11.8. The molecule has 0 unspecified atom stereocenters. The molecular weight excluding hydrogens is 282 g/mol. The number of halogens is 1. The highest BCUT2D eigenvalue weighted by atomic mass is 35.5. The molecular formula is C13H20ClN3O3. The highest BCUT2D eigenvalue weighted by molar-refractivity contribution is 6.34. The first kappa shape index (κ1) is 15.3. The first-order valence-corrected chi connectivity index (χ1v) is 7.07. The van der Waals surface area contributed by atoms with Crippen molar-refractivity contribution in [3.63, 3.8) is 0 Å². The van der Waals surface area contributed by atoms with Crippen LogP contribution in [0, 0.1) is 6.92 Å². The Balaban J connectivity index is 2.15. The minimum atomic E-state index is -1.08. The zero-order valence-corrected chi connectivity index (χ0v) is 12.5. The number of aryl methyl sites for hydroxylation is 1. The molecule has 2 N–H and O–H groups in total. The highest BCUT2D eigenvalue weighted by Gasteiger charge is 2.32. The maximum atomic E-state index is 12.5. The van der Waals surface area contributed by atoms with Crippen LogP contribution < -0.4 is 0 Å². The molecule has 0 saturated carbocycles. The van der Waals surface area contributed by atoms with Crippen molar-refractivity contribution in [1.29, 1.82) is 0 Å². The molecule has 0 aromatic carbocycles. The van der Waals surface area contributed by atoms with Gasteiger partial charge in [-0.2, -0.15) is 5.10 Å². The van der Waals surface area contributed by atoms with E-state index in [-0.39, 0.29) is 18.2 Å². The minimum absolute atomic E-state index is 0.221. The fourth-order valence-corrected chi connectivity index (χ4v) is 2.65. The van der Waals surface area contributed by atoms with Crippen molar-refractivity contribution in [3.05, 3.63) is 16.4 Å². The highest BCUT2D eigenvalue weighted by Crippen LogP contribution is 2.25. The van der Waals surface area contributed by atoms with E-state index in [9.17, 15) is 15.0 Å². The molecule has 1 aromatic rings. The molecule has 112 valence electrons. The Morgan fingerprint density at radius 2 is 2.15 bits per heavy atom. The number of amides is 1. The predicted molar refractivity (Wildman–Crippen MR) is 74.7 cm³/mol. The minimum Gasteiger partial charge on any atom is -0.393 e. The van der Waals surface area contributed by atoms with E-state index in [0.717, 1.165) is 5.69 Å². The van der Waals surface area contributed by atoms with E-state index in [1.807, 2.05) is 0 Å². The Kier molecular flexibility index (Phi) is 4.36. The SMILES string of the molecule is Cc1c(Cl)c(C(=O)N2CCC[C@@](O)(CO)CC2)nn1C. The number of aliphatic hydroxyl groups is 2. The first-order valence-electron chi connectivity index (χ1n) is 6.69. The van der Waals surface area contributed by atoms with Crippen molar-refractivity contribution in [2.24, 2.45) is 7.05 Å². The third kappa shape index (κ3) is 2.82. The second kappa shape index (κ2) is 5.71. The van der Waals surface area contributed by atoms with Crippen LogP contribution in [0.3, 0.4) is 0 Å². The van der Waals surface area contributed by atoms with E-state index in [1.54, 1.807) is 23.6 Å². The number of rotatable bonds is 2. The van der Waals surface area contributed by atoms with Crippen molar-refractivity contribution >= 4 is 17.5 Å². The summed E-state index contributed by atoms with van der Waals surface area (Å²) in [5.74, 6) is -0.221. The normalized spacial score (nSPS) is 23.8. The maximum absolute atomic E-state index is 12.5. The smallest absolute Gasteiger partial charge is 0.275 e.